The molecule has 0 N–H and O–H groups in total. The zero-order valence-electron chi connectivity index (χ0n) is 20.4. The largest absolute Gasteiger partial charge is 0.368 e. The monoisotopic (exact) mass is 500 g/mol. The SMILES string of the molecule is Cc1ccc(-n2cccc2/C=C2/SC(=O)N(CC(=O)N3CCN(c4ccccc4)CC3)C2=O)cc1C. The number of anilines is 1. The van der Waals surface area contributed by atoms with Gasteiger partial charge in [0.1, 0.15) is 6.54 Å². The summed E-state index contributed by atoms with van der Waals surface area (Å²) >= 11 is 0.882. The molecule has 5 rings (SSSR count). The summed E-state index contributed by atoms with van der Waals surface area (Å²) in [5.41, 5.74) is 5.30. The highest BCUT2D eigenvalue weighted by Gasteiger charge is 2.37. The Labute approximate surface area is 215 Å². The van der Waals surface area contributed by atoms with Crippen LogP contribution >= 0.6 is 11.8 Å². The van der Waals surface area contributed by atoms with Gasteiger partial charge in [0.25, 0.3) is 11.1 Å². The molecule has 1 aromatic heterocycles. The Morgan fingerprint density at radius 1 is 0.889 bits per heavy atom. The fourth-order valence-electron chi connectivity index (χ4n) is 4.48. The summed E-state index contributed by atoms with van der Waals surface area (Å²) in [7, 11) is 0. The van der Waals surface area contributed by atoms with Crippen molar-refractivity contribution in [1.82, 2.24) is 14.4 Å². The van der Waals surface area contributed by atoms with Gasteiger partial charge in [0.05, 0.1) is 4.91 Å². The molecule has 36 heavy (non-hydrogen) atoms. The second-order valence-corrected chi connectivity index (χ2v) is 10.0. The molecule has 2 aromatic carbocycles. The summed E-state index contributed by atoms with van der Waals surface area (Å²) in [6, 6.07) is 20.1. The molecule has 2 fully saturated rings. The van der Waals surface area contributed by atoms with Crippen LogP contribution in [0.25, 0.3) is 11.8 Å². The summed E-state index contributed by atoms with van der Waals surface area (Å²) in [5, 5.41) is -0.410. The average molecular weight is 501 g/mol. The molecule has 8 heteroatoms. The van der Waals surface area contributed by atoms with Gasteiger partial charge in [0.2, 0.25) is 5.91 Å². The van der Waals surface area contributed by atoms with E-state index < -0.39 is 11.1 Å². The van der Waals surface area contributed by atoms with Crippen LogP contribution in [0, 0.1) is 13.8 Å². The summed E-state index contributed by atoms with van der Waals surface area (Å²) in [4.78, 5) is 44.0. The lowest BCUT2D eigenvalue weighted by molar-refractivity contribution is -0.136. The van der Waals surface area contributed by atoms with E-state index in [1.54, 1.807) is 11.0 Å². The summed E-state index contributed by atoms with van der Waals surface area (Å²) in [6.07, 6.45) is 3.65. The van der Waals surface area contributed by atoms with E-state index in [2.05, 4.69) is 43.0 Å². The normalized spacial score (nSPS) is 17.4. The highest BCUT2D eigenvalue weighted by molar-refractivity contribution is 8.18. The molecular formula is C28H28N4O3S. The fraction of sp³-hybridized carbons (Fsp3) is 0.250. The molecule has 3 heterocycles. The van der Waals surface area contributed by atoms with Crippen LogP contribution in [0.4, 0.5) is 10.5 Å². The van der Waals surface area contributed by atoms with Crippen molar-refractivity contribution in [3.8, 4) is 5.69 Å². The number of aryl methyl sites for hydroxylation is 2. The van der Waals surface area contributed by atoms with Crippen LogP contribution < -0.4 is 4.90 Å². The number of carbonyl (C=O) groups excluding carboxylic acids is 3. The van der Waals surface area contributed by atoms with Crippen molar-refractivity contribution in [3.05, 3.63) is 88.6 Å². The van der Waals surface area contributed by atoms with Gasteiger partial charge in [-0.15, -0.1) is 0 Å². The maximum Gasteiger partial charge on any atom is 0.294 e. The first kappa shape index (κ1) is 23.9. The average Bonchev–Trinajstić information content (AvgIpc) is 3.46. The minimum atomic E-state index is -0.422. The lowest BCUT2D eigenvalue weighted by Gasteiger charge is -2.36. The van der Waals surface area contributed by atoms with E-state index in [1.165, 1.54) is 11.1 Å². The summed E-state index contributed by atoms with van der Waals surface area (Å²) in [6.45, 7) is 6.44. The maximum atomic E-state index is 13.1. The van der Waals surface area contributed by atoms with E-state index in [0.717, 1.165) is 33.7 Å². The quantitative estimate of drug-likeness (QED) is 0.484. The third kappa shape index (κ3) is 4.81. The molecule has 184 valence electrons. The number of imide groups is 1. The van der Waals surface area contributed by atoms with Crippen LogP contribution in [0.5, 0.6) is 0 Å². The van der Waals surface area contributed by atoms with Crippen LogP contribution in [0.2, 0.25) is 0 Å². The van der Waals surface area contributed by atoms with E-state index in [-0.39, 0.29) is 12.5 Å². The van der Waals surface area contributed by atoms with Gasteiger partial charge in [-0.1, -0.05) is 24.3 Å². The molecule has 0 atom stereocenters. The third-order valence-electron chi connectivity index (χ3n) is 6.75. The number of carbonyl (C=O) groups is 3. The molecule has 3 aromatic rings. The number of benzene rings is 2. The Kier molecular flexibility index (Phi) is 6.69. The highest BCUT2D eigenvalue weighted by Crippen LogP contribution is 2.33. The predicted molar refractivity (Wildman–Crippen MR) is 143 cm³/mol. The Morgan fingerprint density at radius 3 is 2.36 bits per heavy atom. The molecule has 0 aliphatic carbocycles. The van der Waals surface area contributed by atoms with Crippen molar-refractivity contribution >= 4 is 40.6 Å². The van der Waals surface area contributed by atoms with Crippen molar-refractivity contribution in [2.45, 2.75) is 13.8 Å². The van der Waals surface area contributed by atoms with Gasteiger partial charge < -0.3 is 14.4 Å². The molecule has 2 aliphatic heterocycles. The first-order valence-corrected chi connectivity index (χ1v) is 12.8. The number of hydrogen-bond acceptors (Lipinski definition) is 5. The van der Waals surface area contributed by atoms with Crippen LogP contribution in [0.15, 0.2) is 71.8 Å². The van der Waals surface area contributed by atoms with Gasteiger partial charge in [-0.05, 0) is 79.2 Å². The van der Waals surface area contributed by atoms with Gasteiger partial charge in [-0.2, -0.15) is 0 Å². The summed E-state index contributed by atoms with van der Waals surface area (Å²) < 4.78 is 1.98. The molecule has 0 spiro atoms. The zero-order valence-corrected chi connectivity index (χ0v) is 21.2. The van der Waals surface area contributed by atoms with Crippen molar-refractivity contribution in [3.63, 3.8) is 0 Å². The number of thioether (sulfide) groups is 1. The van der Waals surface area contributed by atoms with Gasteiger partial charge in [0.15, 0.2) is 0 Å². The van der Waals surface area contributed by atoms with E-state index in [9.17, 15) is 14.4 Å². The van der Waals surface area contributed by atoms with Gasteiger partial charge in [-0.25, -0.2) is 0 Å². The Balaban J connectivity index is 1.25. The second kappa shape index (κ2) is 10.1. The zero-order chi connectivity index (χ0) is 25.2. The van der Waals surface area contributed by atoms with E-state index in [4.69, 9.17) is 0 Å². The molecule has 0 bridgehead atoms. The number of para-hydroxylation sites is 1. The molecule has 2 saturated heterocycles. The van der Waals surface area contributed by atoms with Gasteiger partial charge in [0, 0.05) is 49.4 Å². The maximum absolute atomic E-state index is 13.1. The summed E-state index contributed by atoms with van der Waals surface area (Å²) in [5.74, 6) is -0.626. The number of amides is 3. The van der Waals surface area contributed by atoms with E-state index in [1.807, 2.05) is 47.2 Å². The minimum absolute atomic E-state index is 0.204. The minimum Gasteiger partial charge on any atom is -0.368 e. The fourth-order valence-corrected chi connectivity index (χ4v) is 5.30. The van der Waals surface area contributed by atoms with Crippen molar-refractivity contribution in [2.24, 2.45) is 0 Å². The van der Waals surface area contributed by atoms with Crippen molar-refractivity contribution in [2.75, 3.05) is 37.6 Å². The third-order valence-corrected chi connectivity index (χ3v) is 7.66. The van der Waals surface area contributed by atoms with E-state index >= 15 is 0 Å². The number of nitrogens with zero attached hydrogens (tertiary/aromatic N) is 4. The predicted octanol–water partition coefficient (Wildman–Crippen LogP) is 4.48. The Bertz CT molecular complexity index is 1340. The molecular weight excluding hydrogens is 472 g/mol. The lowest BCUT2D eigenvalue weighted by atomic mass is 10.1. The standard InChI is InChI=1S/C28H28N4O3S/c1-20-10-11-24(17-21(20)2)31-12-6-9-23(31)18-25-27(34)32(28(35)36-25)19-26(33)30-15-13-29(14-16-30)22-7-4-3-5-8-22/h3-12,17-18H,13-16,19H2,1-2H3/b25-18+. The second-order valence-electron chi connectivity index (χ2n) is 9.04. The molecule has 3 amide bonds. The first-order chi connectivity index (χ1) is 17.4. The topological polar surface area (TPSA) is 65.9 Å². The van der Waals surface area contributed by atoms with Crippen LogP contribution in [-0.4, -0.2) is 64.1 Å². The molecule has 7 nitrogen and oxygen atoms in total. The van der Waals surface area contributed by atoms with Crippen LogP contribution in [0.1, 0.15) is 16.8 Å². The molecule has 2 aliphatic rings. The van der Waals surface area contributed by atoms with Gasteiger partial charge in [-0.3, -0.25) is 19.3 Å². The number of piperazine rings is 1. The first-order valence-electron chi connectivity index (χ1n) is 12.0. The van der Waals surface area contributed by atoms with Gasteiger partial charge >= 0.3 is 0 Å². The van der Waals surface area contributed by atoms with Crippen molar-refractivity contribution < 1.29 is 14.4 Å². The van der Waals surface area contributed by atoms with Crippen molar-refractivity contribution in [1.29, 1.82) is 0 Å². The molecule has 0 unspecified atom stereocenters. The number of aromatic nitrogens is 1. The smallest absolute Gasteiger partial charge is 0.294 e. The van der Waals surface area contributed by atoms with Crippen LogP contribution in [-0.2, 0) is 9.59 Å². The molecule has 0 saturated carbocycles. The number of rotatable bonds is 5. The lowest BCUT2D eigenvalue weighted by Crippen LogP contribution is -2.51. The van der Waals surface area contributed by atoms with Crippen LogP contribution in [0.3, 0.4) is 0 Å². The van der Waals surface area contributed by atoms with E-state index in [0.29, 0.717) is 31.1 Å². The number of hydrogen-bond donors (Lipinski definition) is 0. The Morgan fingerprint density at radius 2 is 1.64 bits per heavy atom. The highest BCUT2D eigenvalue weighted by atomic mass is 32.2. The molecule has 0 radical (unpaired) electrons. The Hall–Kier alpha value is -3.78.